The van der Waals surface area contributed by atoms with Crippen molar-refractivity contribution in [3.05, 3.63) is 29.6 Å². The van der Waals surface area contributed by atoms with Crippen molar-refractivity contribution in [2.75, 3.05) is 0 Å². The Hall–Kier alpha value is -1.40. The molecule has 0 bridgehead atoms. The summed E-state index contributed by atoms with van der Waals surface area (Å²) < 4.78 is 0. The molecule has 1 unspecified atom stereocenters. The lowest BCUT2D eigenvalue weighted by Crippen LogP contribution is -2.30. The smallest absolute Gasteiger partial charge is 0.0993 e. The van der Waals surface area contributed by atoms with Crippen LogP contribution < -0.4 is 0 Å². The SMILES string of the molecule is Cc1ccncc1C(O)C1(C#N)CCCCC1. The Morgan fingerprint density at radius 3 is 2.71 bits per heavy atom. The van der Waals surface area contributed by atoms with E-state index < -0.39 is 11.5 Å². The molecule has 1 saturated carbocycles. The lowest BCUT2D eigenvalue weighted by atomic mass is 9.69. The minimum Gasteiger partial charge on any atom is -0.387 e. The van der Waals surface area contributed by atoms with Crippen LogP contribution >= 0.6 is 0 Å². The lowest BCUT2D eigenvalue weighted by Gasteiger charge is -2.35. The van der Waals surface area contributed by atoms with E-state index in [2.05, 4.69) is 11.1 Å². The Morgan fingerprint density at radius 1 is 1.41 bits per heavy atom. The summed E-state index contributed by atoms with van der Waals surface area (Å²) in [7, 11) is 0. The quantitative estimate of drug-likeness (QED) is 0.849. The standard InChI is InChI=1S/C14H18N2O/c1-11-5-8-16-9-12(11)13(17)14(10-15)6-3-2-4-7-14/h5,8-9,13,17H,2-4,6-7H2,1H3. The van der Waals surface area contributed by atoms with Gasteiger partial charge in [0.25, 0.3) is 0 Å². The zero-order valence-corrected chi connectivity index (χ0v) is 10.2. The van der Waals surface area contributed by atoms with Gasteiger partial charge >= 0.3 is 0 Å². The van der Waals surface area contributed by atoms with Gasteiger partial charge in [-0.15, -0.1) is 0 Å². The number of aryl methyl sites for hydroxylation is 1. The summed E-state index contributed by atoms with van der Waals surface area (Å²) in [6.45, 7) is 1.95. The number of hydrogen-bond donors (Lipinski definition) is 1. The molecule has 1 aliphatic carbocycles. The van der Waals surface area contributed by atoms with Crippen LogP contribution in [0.5, 0.6) is 0 Å². The number of aliphatic hydroxyl groups is 1. The third kappa shape index (κ3) is 2.18. The number of hydrogen-bond acceptors (Lipinski definition) is 3. The van der Waals surface area contributed by atoms with E-state index in [4.69, 9.17) is 0 Å². The van der Waals surface area contributed by atoms with Crippen LogP contribution in [-0.2, 0) is 0 Å². The molecular weight excluding hydrogens is 212 g/mol. The van der Waals surface area contributed by atoms with Gasteiger partial charge in [0.1, 0.15) is 0 Å². The Bertz CT molecular complexity index is 430. The van der Waals surface area contributed by atoms with E-state index in [-0.39, 0.29) is 0 Å². The predicted molar refractivity (Wildman–Crippen MR) is 65.1 cm³/mol. The van der Waals surface area contributed by atoms with Gasteiger partial charge in [-0.2, -0.15) is 5.26 Å². The molecule has 3 nitrogen and oxygen atoms in total. The Labute approximate surface area is 102 Å². The molecule has 90 valence electrons. The number of nitrogens with zero attached hydrogens (tertiary/aromatic N) is 2. The second-order valence-electron chi connectivity index (χ2n) is 4.96. The molecule has 3 heteroatoms. The van der Waals surface area contributed by atoms with Gasteiger partial charge in [-0.25, -0.2) is 0 Å². The van der Waals surface area contributed by atoms with Crippen LogP contribution in [-0.4, -0.2) is 10.1 Å². The summed E-state index contributed by atoms with van der Waals surface area (Å²) in [6, 6.07) is 4.25. The normalized spacial score (nSPS) is 20.5. The molecule has 17 heavy (non-hydrogen) atoms. The van der Waals surface area contributed by atoms with E-state index in [9.17, 15) is 10.4 Å². The molecule has 0 radical (unpaired) electrons. The van der Waals surface area contributed by atoms with E-state index in [0.717, 1.165) is 36.8 Å². The maximum atomic E-state index is 10.5. The number of rotatable bonds is 2. The van der Waals surface area contributed by atoms with Crippen LogP contribution in [0.3, 0.4) is 0 Å². The summed E-state index contributed by atoms with van der Waals surface area (Å²) in [6.07, 6.45) is 7.51. The first-order valence-corrected chi connectivity index (χ1v) is 6.19. The summed E-state index contributed by atoms with van der Waals surface area (Å²) in [5.41, 5.74) is 1.20. The fourth-order valence-electron chi connectivity index (χ4n) is 2.69. The summed E-state index contributed by atoms with van der Waals surface area (Å²) in [5.74, 6) is 0. The highest BCUT2D eigenvalue weighted by atomic mass is 16.3. The van der Waals surface area contributed by atoms with E-state index in [1.807, 2.05) is 13.0 Å². The monoisotopic (exact) mass is 230 g/mol. The third-order valence-electron chi connectivity index (χ3n) is 3.87. The maximum absolute atomic E-state index is 10.5. The average Bonchev–Trinajstić information content (AvgIpc) is 2.39. The second kappa shape index (κ2) is 4.85. The molecular formula is C14H18N2O. The van der Waals surface area contributed by atoms with Crippen molar-refractivity contribution in [2.24, 2.45) is 5.41 Å². The molecule has 1 aliphatic rings. The van der Waals surface area contributed by atoms with E-state index in [0.29, 0.717) is 0 Å². The minimum atomic E-state index is -0.707. The highest BCUT2D eigenvalue weighted by Gasteiger charge is 2.40. The van der Waals surface area contributed by atoms with E-state index in [1.54, 1.807) is 12.4 Å². The molecule has 0 amide bonds. The van der Waals surface area contributed by atoms with Crippen LogP contribution in [0.2, 0.25) is 0 Å². The van der Waals surface area contributed by atoms with Crippen LogP contribution in [0.4, 0.5) is 0 Å². The van der Waals surface area contributed by atoms with Crippen molar-refractivity contribution in [1.82, 2.24) is 4.98 Å². The Balaban J connectivity index is 2.32. The van der Waals surface area contributed by atoms with Crippen LogP contribution in [0.15, 0.2) is 18.5 Å². The maximum Gasteiger partial charge on any atom is 0.0993 e. The van der Waals surface area contributed by atoms with Crippen molar-refractivity contribution in [2.45, 2.75) is 45.1 Å². The van der Waals surface area contributed by atoms with Gasteiger partial charge in [-0.1, -0.05) is 19.3 Å². The third-order valence-corrected chi connectivity index (χ3v) is 3.87. The molecule has 1 N–H and O–H groups in total. The summed E-state index contributed by atoms with van der Waals surface area (Å²) in [5, 5.41) is 19.9. The fraction of sp³-hybridized carbons (Fsp3) is 0.571. The molecule has 1 aromatic heterocycles. The van der Waals surface area contributed by atoms with Gasteiger partial charge in [0, 0.05) is 18.0 Å². The molecule has 1 fully saturated rings. The first kappa shape index (κ1) is 12.1. The average molecular weight is 230 g/mol. The van der Waals surface area contributed by atoms with Gasteiger partial charge in [0.05, 0.1) is 17.6 Å². The molecule has 1 atom stereocenters. The Kier molecular flexibility index (Phi) is 3.44. The fourth-order valence-corrected chi connectivity index (χ4v) is 2.69. The molecule has 1 heterocycles. The molecule has 1 aromatic rings. The van der Waals surface area contributed by atoms with Gasteiger partial charge in [-0.3, -0.25) is 4.98 Å². The van der Waals surface area contributed by atoms with E-state index in [1.165, 1.54) is 6.42 Å². The van der Waals surface area contributed by atoms with Gasteiger partial charge < -0.3 is 5.11 Å². The Morgan fingerprint density at radius 2 is 2.12 bits per heavy atom. The van der Waals surface area contributed by atoms with Crippen molar-refractivity contribution < 1.29 is 5.11 Å². The predicted octanol–water partition coefficient (Wildman–Crippen LogP) is 2.90. The van der Waals surface area contributed by atoms with Gasteiger partial charge in [0.2, 0.25) is 0 Å². The first-order valence-electron chi connectivity index (χ1n) is 6.19. The van der Waals surface area contributed by atoms with E-state index >= 15 is 0 Å². The second-order valence-corrected chi connectivity index (χ2v) is 4.96. The first-order chi connectivity index (χ1) is 8.19. The summed E-state index contributed by atoms with van der Waals surface area (Å²) in [4.78, 5) is 4.06. The number of aliphatic hydroxyl groups excluding tert-OH is 1. The topological polar surface area (TPSA) is 56.9 Å². The van der Waals surface area contributed by atoms with Gasteiger partial charge in [0.15, 0.2) is 0 Å². The molecule has 2 rings (SSSR count). The van der Waals surface area contributed by atoms with Crippen molar-refractivity contribution >= 4 is 0 Å². The summed E-state index contributed by atoms with van der Waals surface area (Å²) >= 11 is 0. The van der Waals surface area contributed by atoms with Crippen LogP contribution in [0.1, 0.15) is 49.3 Å². The largest absolute Gasteiger partial charge is 0.387 e. The van der Waals surface area contributed by atoms with Crippen molar-refractivity contribution in [3.8, 4) is 6.07 Å². The number of pyridine rings is 1. The molecule has 0 aliphatic heterocycles. The van der Waals surface area contributed by atoms with Crippen molar-refractivity contribution in [1.29, 1.82) is 5.26 Å². The zero-order chi connectivity index (χ0) is 12.3. The zero-order valence-electron chi connectivity index (χ0n) is 10.2. The molecule has 0 spiro atoms. The van der Waals surface area contributed by atoms with Crippen LogP contribution in [0, 0.1) is 23.7 Å². The highest BCUT2D eigenvalue weighted by Crippen LogP contribution is 2.45. The molecule has 0 aromatic carbocycles. The number of nitriles is 1. The minimum absolute atomic E-state index is 0.605. The number of aromatic nitrogens is 1. The van der Waals surface area contributed by atoms with Crippen LogP contribution in [0.25, 0.3) is 0 Å². The van der Waals surface area contributed by atoms with Gasteiger partial charge in [-0.05, 0) is 31.4 Å². The van der Waals surface area contributed by atoms with Crippen molar-refractivity contribution in [3.63, 3.8) is 0 Å². The highest BCUT2D eigenvalue weighted by molar-refractivity contribution is 5.28. The molecule has 0 saturated heterocycles. The lowest BCUT2D eigenvalue weighted by molar-refractivity contribution is 0.0353.